The van der Waals surface area contributed by atoms with Crippen LogP contribution in [0.2, 0.25) is 0 Å². The molecule has 0 aromatic carbocycles. The van der Waals surface area contributed by atoms with Crippen LogP contribution >= 0.6 is 11.8 Å². The summed E-state index contributed by atoms with van der Waals surface area (Å²) in [7, 11) is 0. The number of nitrogens with one attached hydrogen (secondary N) is 1. The maximum absolute atomic E-state index is 5.23. The lowest BCUT2D eigenvalue weighted by Crippen LogP contribution is -2.18. The van der Waals surface area contributed by atoms with Crippen molar-refractivity contribution < 1.29 is 4.74 Å². The van der Waals surface area contributed by atoms with Crippen LogP contribution in [-0.2, 0) is 4.74 Å². The summed E-state index contributed by atoms with van der Waals surface area (Å²) >= 11 is 1.89. The second-order valence-electron chi connectivity index (χ2n) is 2.65. The first-order valence-electron chi connectivity index (χ1n) is 4.69. The maximum Gasteiger partial charge on any atom is 0.0466 e. The summed E-state index contributed by atoms with van der Waals surface area (Å²) < 4.78 is 5.23. The molecule has 0 spiro atoms. The third-order valence-corrected chi connectivity index (χ3v) is 2.19. The van der Waals surface area contributed by atoms with Gasteiger partial charge >= 0.3 is 0 Å². The zero-order valence-corrected chi connectivity index (χ0v) is 9.08. The maximum atomic E-state index is 5.23. The summed E-state index contributed by atoms with van der Waals surface area (Å²) in [6.45, 7) is 6.07. The molecule has 0 aromatic heterocycles. The standard InChI is InChI=1S/C9H21NOS/c1-3-11-8-5-4-6-10-7-9-12-2/h10H,3-9H2,1-2H3. The number of hydrogen-bond donors (Lipinski definition) is 1. The molecule has 0 saturated heterocycles. The first-order chi connectivity index (χ1) is 5.91. The molecule has 0 bridgehead atoms. The van der Waals surface area contributed by atoms with Crippen molar-refractivity contribution in [2.24, 2.45) is 0 Å². The van der Waals surface area contributed by atoms with Crippen LogP contribution in [0, 0.1) is 0 Å². The lowest BCUT2D eigenvalue weighted by atomic mass is 10.3. The van der Waals surface area contributed by atoms with E-state index in [0.29, 0.717) is 0 Å². The van der Waals surface area contributed by atoms with E-state index in [9.17, 15) is 0 Å². The Labute approximate surface area is 80.4 Å². The SMILES string of the molecule is CCOCCCCNCCSC. The Morgan fingerprint density at radius 1 is 1.25 bits per heavy atom. The van der Waals surface area contributed by atoms with E-state index < -0.39 is 0 Å². The molecule has 0 fully saturated rings. The number of ether oxygens (including phenoxy) is 1. The first kappa shape index (κ1) is 12.3. The van der Waals surface area contributed by atoms with Gasteiger partial charge < -0.3 is 10.1 Å². The zero-order chi connectivity index (χ0) is 9.07. The van der Waals surface area contributed by atoms with Gasteiger partial charge in [-0.25, -0.2) is 0 Å². The highest BCUT2D eigenvalue weighted by molar-refractivity contribution is 7.98. The van der Waals surface area contributed by atoms with E-state index in [1.807, 2.05) is 18.7 Å². The van der Waals surface area contributed by atoms with Crippen LogP contribution in [0.4, 0.5) is 0 Å². The van der Waals surface area contributed by atoms with E-state index in [0.717, 1.165) is 26.3 Å². The molecule has 3 heteroatoms. The molecule has 0 amide bonds. The van der Waals surface area contributed by atoms with Crippen molar-refractivity contribution >= 4 is 11.8 Å². The van der Waals surface area contributed by atoms with Crippen LogP contribution in [0.1, 0.15) is 19.8 Å². The molecule has 0 radical (unpaired) electrons. The van der Waals surface area contributed by atoms with E-state index in [4.69, 9.17) is 4.74 Å². The molecule has 0 unspecified atom stereocenters. The van der Waals surface area contributed by atoms with Gasteiger partial charge in [0.2, 0.25) is 0 Å². The summed E-state index contributed by atoms with van der Waals surface area (Å²) in [5.41, 5.74) is 0. The molecule has 0 heterocycles. The fraction of sp³-hybridized carbons (Fsp3) is 1.00. The summed E-state index contributed by atoms with van der Waals surface area (Å²) in [6.07, 6.45) is 4.55. The molecule has 0 atom stereocenters. The zero-order valence-electron chi connectivity index (χ0n) is 8.27. The molecule has 74 valence electrons. The van der Waals surface area contributed by atoms with Crippen LogP contribution in [0.5, 0.6) is 0 Å². The lowest BCUT2D eigenvalue weighted by molar-refractivity contribution is 0.143. The third-order valence-electron chi connectivity index (χ3n) is 1.58. The summed E-state index contributed by atoms with van der Waals surface area (Å²) in [5, 5.41) is 3.39. The first-order valence-corrected chi connectivity index (χ1v) is 6.08. The Morgan fingerprint density at radius 2 is 2.08 bits per heavy atom. The third kappa shape index (κ3) is 10.3. The molecule has 1 N–H and O–H groups in total. The van der Waals surface area contributed by atoms with E-state index in [-0.39, 0.29) is 0 Å². The monoisotopic (exact) mass is 191 g/mol. The van der Waals surface area contributed by atoms with Crippen LogP contribution in [0.3, 0.4) is 0 Å². The van der Waals surface area contributed by atoms with Gasteiger partial charge in [-0.15, -0.1) is 0 Å². The number of thioether (sulfide) groups is 1. The van der Waals surface area contributed by atoms with Crippen molar-refractivity contribution in [3.05, 3.63) is 0 Å². The highest BCUT2D eigenvalue weighted by atomic mass is 32.2. The van der Waals surface area contributed by atoms with Crippen LogP contribution < -0.4 is 5.32 Å². The predicted molar refractivity (Wildman–Crippen MR) is 57.0 cm³/mol. The van der Waals surface area contributed by atoms with Gasteiger partial charge in [0.25, 0.3) is 0 Å². The Bertz CT molecular complexity index is 70.9. The molecule has 0 aliphatic carbocycles. The molecule has 0 aromatic rings. The van der Waals surface area contributed by atoms with Crippen molar-refractivity contribution in [2.45, 2.75) is 19.8 Å². The van der Waals surface area contributed by atoms with Gasteiger partial charge in [0.1, 0.15) is 0 Å². The van der Waals surface area contributed by atoms with Gasteiger partial charge in [0.15, 0.2) is 0 Å². The van der Waals surface area contributed by atoms with E-state index in [1.165, 1.54) is 18.6 Å². The molecule has 0 aliphatic rings. The van der Waals surface area contributed by atoms with E-state index in [1.54, 1.807) is 0 Å². The predicted octanol–water partition coefficient (Wildman–Crippen LogP) is 1.76. The van der Waals surface area contributed by atoms with E-state index in [2.05, 4.69) is 11.6 Å². The van der Waals surface area contributed by atoms with Crippen LogP contribution in [-0.4, -0.2) is 38.3 Å². The minimum Gasteiger partial charge on any atom is -0.382 e. The second-order valence-corrected chi connectivity index (χ2v) is 3.63. The van der Waals surface area contributed by atoms with Gasteiger partial charge in [-0.3, -0.25) is 0 Å². The Kier molecular flexibility index (Phi) is 11.5. The van der Waals surface area contributed by atoms with E-state index >= 15 is 0 Å². The van der Waals surface area contributed by atoms with Gasteiger partial charge in [0, 0.05) is 25.5 Å². The number of hydrogen-bond acceptors (Lipinski definition) is 3. The fourth-order valence-corrected chi connectivity index (χ4v) is 1.25. The van der Waals surface area contributed by atoms with Gasteiger partial charge in [-0.1, -0.05) is 0 Å². The van der Waals surface area contributed by atoms with Crippen molar-refractivity contribution in [2.75, 3.05) is 38.3 Å². The quantitative estimate of drug-likeness (QED) is 0.561. The fourth-order valence-electron chi connectivity index (χ4n) is 0.898. The number of unbranched alkanes of at least 4 members (excludes halogenated alkanes) is 1. The highest BCUT2D eigenvalue weighted by Crippen LogP contribution is 1.90. The summed E-state index contributed by atoms with van der Waals surface area (Å²) in [4.78, 5) is 0. The summed E-state index contributed by atoms with van der Waals surface area (Å²) in [6, 6.07) is 0. The van der Waals surface area contributed by atoms with Crippen molar-refractivity contribution in [3.8, 4) is 0 Å². The molecule has 12 heavy (non-hydrogen) atoms. The largest absolute Gasteiger partial charge is 0.382 e. The number of rotatable bonds is 9. The van der Waals surface area contributed by atoms with Gasteiger partial charge in [-0.2, -0.15) is 11.8 Å². The highest BCUT2D eigenvalue weighted by Gasteiger charge is 1.88. The molecule has 0 saturated carbocycles. The molecular weight excluding hydrogens is 170 g/mol. The molecule has 0 aliphatic heterocycles. The van der Waals surface area contributed by atoms with Crippen LogP contribution in [0.15, 0.2) is 0 Å². The lowest BCUT2D eigenvalue weighted by Gasteiger charge is -2.03. The average Bonchev–Trinajstić information content (AvgIpc) is 2.10. The van der Waals surface area contributed by atoms with Crippen molar-refractivity contribution in [3.63, 3.8) is 0 Å². The molecule has 2 nitrogen and oxygen atoms in total. The molecular formula is C9H21NOS. The second kappa shape index (κ2) is 11.3. The Balaban J connectivity index is 2.73. The normalized spacial score (nSPS) is 10.5. The minimum atomic E-state index is 0.847. The summed E-state index contributed by atoms with van der Waals surface area (Å²) in [5.74, 6) is 1.21. The molecule has 0 rings (SSSR count). The smallest absolute Gasteiger partial charge is 0.0466 e. The Hall–Kier alpha value is 0.270. The van der Waals surface area contributed by atoms with Gasteiger partial charge in [-0.05, 0) is 32.6 Å². The van der Waals surface area contributed by atoms with Gasteiger partial charge in [0.05, 0.1) is 0 Å². The average molecular weight is 191 g/mol. The van der Waals surface area contributed by atoms with Crippen molar-refractivity contribution in [1.29, 1.82) is 0 Å². The topological polar surface area (TPSA) is 21.3 Å². The van der Waals surface area contributed by atoms with Crippen LogP contribution in [0.25, 0.3) is 0 Å². The van der Waals surface area contributed by atoms with Crippen molar-refractivity contribution in [1.82, 2.24) is 5.32 Å². The Morgan fingerprint density at radius 3 is 2.75 bits per heavy atom. The minimum absolute atomic E-state index is 0.847.